The predicted molar refractivity (Wildman–Crippen MR) is 114 cm³/mol. The molecule has 5 nitrogen and oxygen atoms in total. The van der Waals surface area contributed by atoms with Gasteiger partial charge in [0.1, 0.15) is 5.75 Å². The quantitative estimate of drug-likeness (QED) is 0.458. The number of ether oxygens (including phenoxy) is 1. The van der Waals surface area contributed by atoms with Gasteiger partial charge in [-0.15, -0.1) is 13.2 Å². The smallest absolute Gasteiger partial charge is 0.406 e. The molecule has 0 spiro atoms. The Morgan fingerprint density at radius 1 is 0.848 bits per heavy atom. The zero-order chi connectivity index (χ0) is 23.5. The van der Waals surface area contributed by atoms with Crippen molar-refractivity contribution in [2.75, 3.05) is 4.90 Å². The second-order valence-electron chi connectivity index (χ2n) is 7.77. The van der Waals surface area contributed by atoms with Crippen LogP contribution in [0.25, 0.3) is 0 Å². The largest absolute Gasteiger partial charge is 0.573 e. The number of pyridine rings is 1. The van der Waals surface area contributed by atoms with E-state index in [1.807, 2.05) is 0 Å². The Balaban J connectivity index is 1.56. The number of hydrogen-bond donors (Lipinski definition) is 0. The van der Waals surface area contributed by atoms with Crippen molar-refractivity contribution in [2.45, 2.75) is 11.8 Å². The second-order valence-corrected chi connectivity index (χ2v) is 8.64. The van der Waals surface area contributed by atoms with Crippen molar-refractivity contribution in [1.82, 2.24) is 4.98 Å². The number of imide groups is 1. The number of anilines is 1. The van der Waals surface area contributed by atoms with Crippen molar-refractivity contribution in [1.29, 1.82) is 0 Å². The molecule has 3 atom stereocenters. The molecule has 10 heteroatoms. The fourth-order valence-corrected chi connectivity index (χ4v) is 5.33. The highest BCUT2D eigenvalue weighted by Gasteiger charge is 2.78. The fraction of sp³-hybridized carbons (Fsp3) is 0.174. The molecule has 1 saturated heterocycles. The molecule has 33 heavy (non-hydrogen) atoms. The molecule has 168 valence electrons. The van der Waals surface area contributed by atoms with Gasteiger partial charge in [-0.25, -0.2) is 4.90 Å². The average molecular weight is 493 g/mol. The van der Waals surface area contributed by atoms with E-state index < -0.39 is 41.2 Å². The van der Waals surface area contributed by atoms with Crippen molar-refractivity contribution in [2.24, 2.45) is 11.8 Å². The van der Waals surface area contributed by atoms with Crippen LogP contribution >= 0.6 is 23.2 Å². The standard InChI is InChI=1S/C23H13Cl2F3N2O3/c24-14-9-15(25)11-16(10-14)30-20(31)18-19(21(30)32)22(18,13-5-7-29-8-6-13)12-1-3-17(4-2-12)33-23(26,27)28/h1-11,18-19H/t18-,19+,22?. The Hall–Kier alpha value is -3.10. The number of rotatable bonds is 4. The number of nitrogens with zero attached hydrogens (tertiary/aromatic N) is 2. The molecular formula is C23H13Cl2F3N2O3. The molecule has 2 heterocycles. The van der Waals surface area contributed by atoms with E-state index >= 15 is 0 Å². The molecule has 1 aliphatic heterocycles. The molecule has 0 radical (unpaired) electrons. The van der Waals surface area contributed by atoms with E-state index in [1.165, 1.54) is 54.9 Å². The number of alkyl halides is 3. The van der Waals surface area contributed by atoms with E-state index in [0.29, 0.717) is 11.1 Å². The summed E-state index contributed by atoms with van der Waals surface area (Å²) in [5, 5.41) is 0.554. The van der Waals surface area contributed by atoms with Gasteiger partial charge in [0.25, 0.3) is 0 Å². The van der Waals surface area contributed by atoms with Crippen molar-refractivity contribution in [3.05, 3.63) is 88.2 Å². The molecule has 1 saturated carbocycles. The number of halogens is 5. The summed E-state index contributed by atoms with van der Waals surface area (Å²) in [5.74, 6) is -2.74. The molecule has 2 aromatic carbocycles. The third-order valence-corrected chi connectivity index (χ3v) is 6.44. The predicted octanol–water partition coefficient (Wildman–Crippen LogP) is 5.39. The Bertz CT molecular complexity index is 1220. The van der Waals surface area contributed by atoms with Gasteiger partial charge in [0.05, 0.1) is 17.5 Å². The van der Waals surface area contributed by atoms with Crippen LogP contribution < -0.4 is 9.64 Å². The minimum Gasteiger partial charge on any atom is -0.406 e. The Morgan fingerprint density at radius 3 is 1.88 bits per heavy atom. The molecule has 0 bridgehead atoms. The highest BCUT2D eigenvalue weighted by atomic mass is 35.5. The molecule has 0 N–H and O–H groups in total. The van der Waals surface area contributed by atoms with Crippen LogP contribution in [0.5, 0.6) is 5.75 Å². The van der Waals surface area contributed by atoms with E-state index in [0.717, 1.165) is 4.90 Å². The number of piperidine rings is 1. The van der Waals surface area contributed by atoms with Gasteiger partial charge in [0.2, 0.25) is 11.8 Å². The van der Waals surface area contributed by atoms with Gasteiger partial charge in [-0.05, 0) is 53.6 Å². The van der Waals surface area contributed by atoms with Gasteiger partial charge >= 0.3 is 6.36 Å². The maximum absolute atomic E-state index is 13.4. The van der Waals surface area contributed by atoms with Crippen molar-refractivity contribution in [3.63, 3.8) is 0 Å². The molecule has 1 aromatic heterocycles. The van der Waals surface area contributed by atoms with Crippen LogP contribution in [0, 0.1) is 11.8 Å². The first-order valence-corrected chi connectivity index (χ1v) is 10.5. The van der Waals surface area contributed by atoms with Crippen LogP contribution in [0.4, 0.5) is 18.9 Å². The zero-order valence-corrected chi connectivity index (χ0v) is 18.0. The SMILES string of the molecule is O=C1[C@@H]2[C@H](C(=O)N1c1cc(Cl)cc(Cl)c1)C2(c1ccncc1)c1ccc(OC(F)(F)F)cc1. The van der Waals surface area contributed by atoms with Gasteiger partial charge < -0.3 is 4.74 Å². The summed E-state index contributed by atoms with van der Waals surface area (Å²) in [6.07, 6.45) is -1.75. The average Bonchev–Trinajstić information content (AvgIpc) is 3.37. The van der Waals surface area contributed by atoms with E-state index in [2.05, 4.69) is 9.72 Å². The number of hydrogen-bond acceptors (Lipinski definition) is 4. The lowest BCUT2D eigenvalue weighted by Gasteiger charge is -2.27. The second kappa shape index (κ2) is 7.46. The molecule has 1 aliphatic carbocycles. The summed E-state index contributed by atoms with van der Waals surface area (Å²) in [6.45, 7) is 0. The lowest BCUT2D eigenvalue weighted by molar-refractivity contribution is -0.274. The van der Waals surface area contributed by atoms with Crippen LogP contribution in [0.3, 0.4) is 0 Å². The molecular weight excluding hydrogens is 480 g/mol. The van der Waals surface area contributed by atoms with E-state index in [-0.39, 0.29) is 15.7 Å². The molecule has 2 amide bonds. The lowest BCUT2D eigenvalue weighted by atomic mass is 9.83. The maximum Gasteiger partial charge on any atom is 0.573 e. The van der Waals surface area contributed by atoms with Gasteiger partial charge in [0, 0.05) is 27.9 Å². The van der Waals surface area contributed by atoms with Gasteiger partial charge in [-0.1, -0.05) is 35.3 Å². The first-order chi connectivity index (χ1) is 15.6. The highest BCUT2D eigenvalue weighted by molar-refractivity contribution is 6.36. The third kappa shape index (κ3) is 3.45. The molecule has 2 fully saturated rings. The molecule has 3 aromatic rings. The maximum atomic E-state index is 13.4. The number of benzene rings is 2. The summed E-state index contributed by atoms with van der Waals surface area (Å²) in [6, 6.07) is 13.1. The minimum absolute atomic E-state index is 0.271. The normalized spacial score (nSPS) is 24.1. The van der Waals surface area contributed by atoms with Crippen molar-refractivity contribution >= 4 is 40.7 Å². The van der Waals surface area contributed by atoms with E-state index in [1.54, 1.807) is 12.1 Å². The minimum atomic E-state index is -4.83. The first kappa shape index (κ1) is 21.7. The molecule has 2 aliphatic rings. The van der Waals surface area contributed by atoms with Crippen LogP contribution in [0.15, 0.2) is 67.0 Å². The third-order valence-electron chi connectivity index (χ3n) is 6.01. The summed E-state index contributed by atoms with van der Waals surface area (Å²) >= 11 is 12.1. The summed E-state index contributed by atoms with van der Waals surface area (Å²) in [7, 11) is 0. The lowest BCUT2D eigenvalue weighted by Crippen LogP contribution is -2.39. The van der Waals surface area contributed by atoms with Crippen LogP contribution in [0.1, 0.15) is 11.1 Å². The Morgan fingerprint density at radius 2 is 1.36 bits per heavy atom. The number of carbonyl (C=O) groups excluding carboxylic acids is 2. The first-order valence-electron chi connectivity index (χ1n) is 9.73. The van der Waals surface area contributed by atoms with Crippen molar-refractivity contribution in [3.8, 4) is 5.75 Å². The molecule has 1 unspecified atom stereocenters. The van der Waals surface area contributed by atoms with Crippen LogP contribution in [-0.4, -0.2) is 23.2 Å². The number of carbonyl (C=O) groups is 2. The Labute approximate surface area is 195 Å². The number of fused-ring (bicyclic) bond motifs is 1. The summed E-state index contributed by atoms with van der Waals surface area (Å²) in [4.78, 5) is 31.9. The zero-order valence-electron chi connectivity index (χ0n) is 16.5. The topological polar surface area (TPSA) is 59.5 Å². The summed E-state index contributed by atoms with van der Waals surface area (Å²) in [5.41, 5.74) is 0.450. The van der Waals surface area contributed by atoms with Crippen molar-refractivity contribution < 1.29 is 27.5 Å². The highest BCUT2D eigenvalue weighted by Crippen LogP contribution is 2.68. The van der Waals surface area contributed by atoms with E-state index in [9.17, 15) is 22.8 Å². The van der Waals surface area contributed by atoms with Gasteiger partial charge in [0.15, 0.2) is 0 Å². The fourth-order valence-electron chi connectivity index (χ4n) is 4.82. The summed E-state index contributed by atoms with van der Waals surface area (Å²) < 4.78 is 41.6. The number of amides is 2. The van der Waals surface area contributed by atoms with Gasteiger partial charge in [-0.2, -0.15) is 0 Å². The van der Waals surface area contributed by atoms with Gasteiger partial charge in [-0.3, -0.25) is 14.6 Å². The van der Waals surface area contributed by atoms with E-state index in [4.69, 9.17) is 23.2 Å². The van der Waals surface area contributed by atoms with Crippen LogP contribution in [-0.2, 0) is 15.0 Å². The Kier molecular flexibility index (Phi) is 4.91. The van der Waals surface area contributed by atoms with Crippen LogP contribution in [0.2, 0.25) is 10.0 Å². The molecule has 5 rings (SSSR count). The number of aromatic nitrogens is 1. The monoisotopic (exact) mass is 492 g/mol.